The van der Waals surface area contributed by atoms with Gasteiger partial charge in [0.15, 0.2) is 0 Å². The van der Waals surface area contributed by atoms with Gasteiger partial charge < -0.3 is 14.9 Å². The Hall–Kier alpha value is -1.43. The van der Waals surface area contributed by atoms with Crippen molar-refractivity contribution in [3.63, 3.8) is 0 Å². The van der Waals surface area contributed by atoms with Crippen LogP contribution in [0.4, 0.5) is 0 Å². The van der Waals surface area contributed by atoms with Crippen molar-refractivity contribution in [1.29, 1.82) is 0 Å². The molecule has 0 amide bonds. The van der Waals surface area contributed by atoms with E-state index in [1.807, 2.05) is 42.3 Å². The second kappa shape index (κ2) is 5.75. The first kappa shape index (κ1) is 14.5. The number of carbonyl (C=O) groups is 1. The second-order valence-corrected chi connectivity index (χ2v) is 6.03. The molecule has 3 unspecified atom stereocenters. The lowest BCUT2D eigenvalue weighted by molar-refractivity contribution is -0.152. The first-order chi connectivity index (χ1) is 10.1. The fourth-order valence-electron chi connectivity index (χ4n) is 3.52. The van der Waals surface area contributed by atoms with Gasteiger partial charge in [0.05, 0.1) is 18.6 Å². The van der Waals surface area contributed by atoms with E-state index in [2.05, 4.69) is 0 Å². The van der Waals surface area contributed by atoms with Crippen LogP contribution in [0.5, 0.6) is 0 Å². The number of carbonyl (C=O) groups excluding carboxylic acids is 1. The zero-order valence-corrected chi connectivity index (χ0v) is 12.1. The van der Waals surface area contributed by atoms with Crippen LogP contribution in [0.25, 0.3) is 0 Å². The average Bonchev–Trinajstić information content (AvgIpc) is 2.60. The zero-order valence-electron chi connectivity index (χ0n) is 12.1. The lowest BCUT2D eigenvalue weighted by Crippen LogP contribution is -2.46. The molecule has 2 N–H and O–H groups in total. The molecular weight excluding hydrogens is 270 g/mol. The predicted molar refractivity (Wildman–Crippen MR) is 76.6 cm³/mol. The standard InChI is InChI=1S/C16H21NO4/c1-17-12-8-11(9-13(17)16(20)15(12)19)21-14(18)7-10-5-3-2-4-6-10/h2-6,11-13,15-16,19-20H,7-9H2,1H3/t11?,12?,13?,15-,16+. The summed E-state index contributed by atoms with van der Waals surface area (Å²) in [6.45, 7) is 0. The molecule has 0 spiro atoms. The fourth-order valence-corrected chi connectivity index (χ4v) is 3.52. The van der Waals surface area contributed by atoms with E-state index < -0.39 is 12.2 Å². The maximum Gasteiger partial charge on any atom is 0.310 e. The Morgan fingerprint density at radius 3 is 2.33 bits per heavy atom. The fraction of sp³-hybridized carbons (Fsp3) is 0.562. The summed E-state index contributed by atoms with van der Waals surface area (Å²) >= 11 is 0. The summed E-state index contributed by atoms with van der Waals surface area (Å²) in [5, 5.41) is 20.0. The summed E-state index contributed by atoms with van der Waals surface area (Å²) in [5.41, 5.74) is 0.929. The Kier molecular flexibility index (Phi) is 3.97. The van der Waals surface area contributed by atoms with Gasteiger partial charge in [0, 0.05) is 24.9 Å². The molecule has 2 heterocycles. The molecule has 0 saturated carbocycles. The van der Waals surface area contributed by atoms with Gasteiger partial charge in [0.2, 0.25) is 0 Å². The minimum atomic E-state index is -0.752. The van der Waals surface area contributed by atoms with E-state index in [0.29, 0.717) is 12.8 Å². The molecule has 2 fully saturated rings. The molecule has 2 bridgehead atoms. The molecular formula is C16H21NO4. The van der Waals surface area contributed by atoms with Crippen molar-refractivity contribution in [2.75, 3.05) is 7.05 Å². The zero-order chi connectivity index (χ0) is 15.0. The summed E-state index contributed by atoms with van der Waals surface area (Å²) in [5.74, 6) is -0.251. The number of rotatable bonds is 3. The molecule has 5 nitrogen and oxygen atoms in total. The van der Waals surface area contributed by atoms with Gasteiger partial charge in [-0.1, -0.05) is 30.3 Å². The van der Waals surface area contributed by atoms with Crippen LogP contribution in [0, 0.1) is 0 Å². The molecule has 0 radical (unpaired) electrons. The first-order valence-electron chi connectivity index (χ1n) is 7.37. The van der Waals surface area contributed by atoms with Gasteiger partial charge in [-0.2, -0.15) is 0 Å². The number of fused-ring (bicyclic) bond motifs is 2. The SMILES string of the molecule is CN1C2CC(OC(=O)Cc3ccccc3)CC1[C@H](O)[C@@H]2O. The molecule has 0 aliphatic carbocycles. The third-order valence-corrected chi connectivity index (χ3v) is 4.68. The van der Waals surface area contributed by atoms with Gasteiger partial charge in [0.1, 0.15) is 6.10 Å². The number of likely N-dealkylation sites (N-methyl/N-ethyl adjacent to an activating group) is 1. The van der Waals surface area contributed by atoms with E-state index >= 15 is 0 Å². The molecule has 2 saturated heterocycles. The van der Waals surface area contributed by atoms with Crippen LogP contribution in [0.3, 0.4) is 0 Å². The van der Waals surface area contributed by atoms with Crippen LogP contribution in [0.2, 0.25) is 0 Å². The van der Waals surface area contributed by atoms with E-state index in [4.69, 9.17) is 4.74 Å². The highest BCUT2D eigenvalue weighted by Gasteiger charge is 2.51. The molecule has 2 aliphatic rings. The van der Waals surface area contributed by atoms with Crippen LogP contribution in [0.1, 0.15) is 18.4 Å². The molecule has 114 valence electrons. The highest BCUT2D eigenvalue weighted by molar-refractivity contribution is 5.72. The Morgan fingerprint density at radius 1 is 1.19 bits per heavy atom. The minimum absolute atomic E-state index is 0.131. The lowest BCUT2D eigenvalue weighted by atomic mass is 10.00. The number of ether oxygens (including phenoxy) is 1. The van der Waals surface area contributed by atoms with E-state index in [1.165, 1.54) is 0 Å². The minimum Gasteiger partial charge on any atom is -0.462 e. The number of benzene rings is 1. The largest absolute Gasteiger partial charge is 0.462 e. The van der Waals surface area contributed by atoms with Crippen molar-refractivity contribution in [2.45, 2.75) is 49.7 Å². The van der Waals surface area contributed by atoms with E-state index in [0.717, 1.165) is 5.56 Å². The maximum absolute atomic E-state index is 12.0. The van der Waals surface area contributed by atoms with Crippen molar-refractivity contribution in [3.05, 3.63) is 35.9 Å². The van der Waals surface area contributed by atoms with Crippen molar-refractivity contribution in [2.24, 2.45) is 0 Å². The molecule has 5 heteroatoms. The van der Waals surface area contributed by atoms with Gasteiger partial charge in [-0.15, -0.1) is 0 Å². The van der Waals surface area contributed by atoms with Crippen LogP contribution in [0.15, 0.2) is 30.3 Å². The van der Waals surface area contributed by atoms with E-state index in [-0.39, 0.29) is 30.6 Å². The molecule has 1 aromatic rings. The van der Waals surface area contributed by atoms with E-state index in [1.54, 1.807) is 0 Å². The van der Waals surface area contributed by atoms with Crippen molar-refractivity contribution < 1.29 is 19.7 Å². The monoisotopic (exact) mass is 291 g/mol. The third-order valence-electron chi connectivity index (χ3n) is 4.68. The van der Waals surface area contributed by atoms with Crippen molar-refractivity contribution >= 4 is 5.97 Å². The van der Waals surface area contributed by atoms with Crippen molar-refractivity contribution in [1.82, 2.24) is 4.90 Å². The lowest BCUT2D eigenvalue weighted by Gasteiger charge is -2.35. The Balaban J connectivity index is 1.59. The Bertz CT molecular complexity index is 480. The second-order valence-electron chi connectivity index (χ2n) is 6.03. The van der Waals surface area contributed by atoms with E-state index in [9.17, 15) is 15.0 Å². The smallest absolute Gasteiger partial charge is 0.310 e. The number of nitrogens with zero attached hydrogens (tertiary/aromatic N) is 1. The molecule has 21 heavy (non-hydrogen) atoms. The summed E-state index contributed by atoms with van der Waals surface area (Å²) < 4.78 is 5.53. The molecule has 2 aliphatic heterocycles. The summed E-state index contributed by atoms with van der Waals surface area (Å²) in [6.07, 6.45) is -0.319. The van der Waals surface area contributed by atoms with Gasteiger partial charge in [-0.25, -0.2) is 0 Å². The van der Waals surface area contributed by atoms with Gasteiger partial charge >= 0.3 is 5.97 Å². The van der Waals surface area contributed by atoms with Gasteiger partial charge in [-0.05, 0) is 12.6 Å². The summed E-state index contributed by atoms with van der Waals surface area (Å²) in [6, 6.07) is 9.23. The Labute approximate surface area is 124 Å². The first-order valence-corrected chi connectivity index (χ1v) is 7.37. The third kappa shape index (κ3) is 2.81. The predicted octanol–water partition coefficient (Wildman–Crippen LogP) is 0.339. The highest BCUT2D eigenvalue weighted by Crippen LogP contribution is 2.36. The highest BCUT2D eigenvalue weighted by atomic mass is 16.5. The van der Waals surface area contributed by atoms with Gasteiger partial charge in [0.25, 0.3) is 0 Å². The number of piperidine rings is 1. The summed E-state index contributed by atoms with van der Waals surface area (Å²) in [4.78, 5) is 14.0. The number of aliphatic hydroxyl groups is 2. The normalized spacial score (nSPS) is 35.7. The molecule has 3 rings (SSSR count). The van der Waals surface area contributed by atoms with Gasteiger partial charge in [-0.3, -0.25) is 9.69 Å². The molecule has 5 atom stereocenters. The van der Waals surface area contributed by atoms with Crippen LogP contribution >= 0.6 is 0 Å². The number of esters is 1. The van der Waals surface area contributed by atoms with Crippen LogP contribution in [-0.2, 0) is 16.0 Å². The maximum atomic E-state index is 12.0. The summed E-state index contributed by atoms with van der Waals surface area (Å²) in [7, 11) is 1.90. The molecule has 1 aromatic carbocycles. The van der Waals surface area contributed by atoms with Crippen molar-refractivity contribution in [3.8, 4) is 0 Å². The van der Waals surface area contributed by atoms with Crippen LogP contribution < -0.4 is 0 Å². The number of hydrogen-bond acceptors (Lipinski definition) is 5. The average molecular weight is 291 g/mol. The quantitative estimate of drug-likeness (QED) is 0.786. The van der Waals surface area contributed by atoms with Crippen LogP contribution in [-0.4, -0.2) is 58.5 Å². The number of hydrogen-bond donors (Lipinski definition) is 2. The molecule has 0 aromatic heterocycles. The number of aliphatic hydroxyl groups excluding tert-OH is 2. The topological polar surface area (TPSA) is 70.0 Å². The Morgan fingerprint density at radius 2 is 1.76 bits per heavy atom.